The molecular weight excluding hydrogens is 268 g/mol. The van der Waals surface area contributed by atoms with Crippen LogP contribution in [0.25, 0.3) is 0 Å². The molecule has 5 heteroatoms. The summed E-state index contributed by atoms with van der Waals surface area (Å²) in [7, 11) is 5.74. The van der Waals surface area contributed by atoms with Crippen LogP contribution in [0.3, 0.4) is 0 Å². The molecule has 116 valence electrons. The predicted octanol–water partition coefficient (Wildman–Crippen LogP) is 1.91. The fourth-order valence-electron chi connectivity index (χ4n) is 2.27. The first-order valence-corrected chi connectivity index (χ1v) is 7.31. The van der Waals surface area contributed by atoms with E-state index in [0.29, 0.717) is 6.61 Å². The van der Waals surface area contributed by atoms with Crippen molar-refractivity contribution in [1.29, 1.82) is 0 Å². The molecule has 2 rings (SSSR count). The van der Waals surface area contributed by atoms with Gasteiger partial charge in [0.2, 0.25) is 0 Å². The summed E-state index contributed by atoms with van der Waals surface area (Å²) >= 11 is 0. The van der Waals surface area contributed by atoms with Crippen molar-refractivity contribution in [2.45, 2.75) is 18.9 Å². The van der Waals surface area contributed by atoms with Crippen LogP contribution in [0.4, 0.5) is 11.4 Å². The predicted molar refractivity (Wildman–Crippen MR) is 84.0 cm³/mol. The Bertz CT molecular complexity index is 453. The molecular formula is C16H24N2O3. The number of hydrogen-bond acceptors (Lipinski definition) is 4. The molecule has 0 unspecified atom stereocenters. The van der Waals surface area contributed by atoms with Crippen molar-refractivity contribution in [1.82, 2.24) is 0 Å². The monoisotopic (exact) mass is 292 g/mol. The summed E-state index contributed by atoms with van der Waals surface area (Å²) in [4.78, 5) is 15.7. The van der Waals surface area contributed by atoms with E-state index in [0.717, 1.165) is 30.8 Å². The fourth-order valence-corrected chi connectivity index (χ4v) is 2.27. The van der Waals surface area contributed by atoms with E-state index in [1.165, 1.54) is 0 Å². The van der Waals surface area contributed by atoms with Crippen LogP contribution in [0.15, 0.2) is 24.3 Å². The quantitative estimate of drug-likeness (QED) is 0.803. The highest BCUT2D eigenvalue weighted by atomic mass is 16.5. The average molecular weight is 292 g/mol. The maximum absolute atomic E-state index is 12.1. The molecule has 0 aliphatic carbocycles. The molecule has 1 saturated heterocycles. The lowest BCUT2D eigenvalue weighted by Crippen LogP contribution is -2.31. The van der Waals surface area contributed by atoms with Crippen molar-refractivity contribution in [2.24, 2.45) is 0 Å². The van der Waals surface area contributed by atoms with Gasteiger partial charge in [-0.2, -0.15) is 0 Å². The molecule has 0 N–H and O–H groups in total. The number of benzene rings is 1. The van der Waals surface area contributed by atoms with Gasteiger partial charge < -0.3 is 19.3 Å². The van der Waals surface area contributed by atoms with Gasteiger partial charge >= 0.3 is 0 Å². The van der Waals surface area contributed by atoms with Gasteiger partial charge in [0.1, 0.15) is 6.61 Å². The lowest BCUT2D eigenvalue weighted by molar-refractivity contribution is -0.123. The zero-order valence-corrected chi connectivity index (χ0v) is 13.0. The van der Waals surface area contributed by atoms with Crippen molar-refractivity contribution >= 4 is 17.3 Å². The zero-order chi connectivity index (χ0) is 15.2. The summed E-state index contributed by atoms with van der Waals surface area (Å²) in [5.41, 5.74) is 1.97. The topological polar surface area (TPSA) is 42.0 Å². The number of likely N-dealkylation sites (N-methyl/N-ethyl adjacent to an activating group) is 1. The standard InChI is InChI=1S/C16H24N2O3/c1-17(2)13-6-8-14(9-7-13)18(3)16(19)12-20-11-15-5-4-10-21-15/h6-9,15H,4-5,10-12H2,1-3H3/t15-/m1/s1. The van der Waals surface area contributed by atoms with Crippen molar-refractivity contribution in [3.63, 3.8) is 0 Å². The number of carbonyl (C=O) groups excluding carboxylic acids is 1. The normalized spacial score (nSPS) is 17.8. The molecule has 0 bridgehead atoms. The molecule has 0 saturated carbocycles. The van der Waals surface area contributed by atoms with E-state index in [-0.39, 0.29) is 18.6 Å². The van der Waals surface area contributed by atoms with E-state index in [4.69, 9.17) is 9.47 Å². The van der Waals surface area contributed by atoms with Gasteiger partial charge in [-0.25, -0.2) is 0 Å². The van der Waals surface area contributed by atoms with Crippen LogP contribution in [0, 0.1) is 0 Å². The molecule has 1 aliphatic rings. The van der Waals surface area contributed by atoms with Gasteiger partial charge in [0.25, 0.3) is 5.91 Å². The largest absolute Gasteiger partial charge is 0.378 e. The van der Waals surface area contributed by atoms with E-state index >= 15 is 0 Å². The van der Waals surface area contributed by atoms with Crippen LogP contribution in [-0.4, -0.2) is 53.0 Å². The lowest BCUT2D eigenvalue weighted by atomic mass is 10.2. The number of nitrogens with zero attached hydrogens (tertiary/aromatic N) is 2. The number of rotatable bonds is 6. The number of hydrogen-bond donors (Lipinski definition) is 0. The first kappa shape index (κ1) is 15.8. The van der Waals surface area contributed by atoms with Crippen LogP contribution in [0.1, 0.15) is 12.8 Å². The van der Waals surface area contributed by atoms with Gasteiger partial charge in [-0.1, -0.05) is 0 Å². The molecule has 1 atom stereocenters. The third-order valence-electron chi connectivity index (χ3n) is 3.68. The second kappa shape index (κ2) is 7.43. The van der Waals surface area contributed by atoms with Crippen LogP contribution in [0.5, 0.6) is 0 Å². The van der Waals surface area contributed by atoms with E-state index in [1.807, 2.05) is 43.3 Å². The fraction of sp³-hybridized carbons (Fsp3) is 0.562. The Balaban J connectivity index is 1.80. The Morgan fingerprint density at radius 2 is 1.90 bits per heavy atom. The SMILES string of the molecule is CN(C)c1ccc(N(C)C(=O)COC[C@H]2CCCO2)cc1. The van der Waals surface area contributed by atoms with Crippen LogP contribution in [0.2, 0.25) is 0 Å². The zero-order valence-electron chi connectivity index (χ0n) is 13.0. The number of anilines is 2. The van der Waals surface area contributed by atoms with Crippen LogP contribution < -0.4 is 9.80 Å². The maximum Gasteiger partial charge on any atom is 0.252 e. The molecule has 5 nitrogen and oxygen atoms in total. The van der Waals surface area contributed by atoms with E-state index in [1.54, 1.807) is 11.9 Å². The minimum absolute atomic E-state index is 0.0504. The minimum atomic E-state index is -0.0504. The highest BCUT2D eigenvalue weighted by molar-refractivity contribution is 5.93. The molecule has 21 heavy (non-hydrogen) atoms. The van der Waals surface area contributed by atoms with Gasteiger partial charge in [-0.15, -0.1) is 0 Å². The Hall–Kier alpha value is -1.59. The number of amides is 1. The van der Waals surface area contributed by atoms with Crippen molar-refractivity contribution in [2.75, 3.05) is 50.8 Å². The average Bonchev–Trinajstić information content (AvgIpc) is 2.99. The first-order valence-electron chi connectivity index (χ1n) is 7.31. The number of carbonyl (C=O) groups is 1. The van der Waals surface area contributed by atoms with Crippen LogP contribution in [-0.2, 0) is 14.3 Å². The van der Waals surface area contributed by atoms with Crippen molar-refractivity contribution in [3.05, 3.63) is 24.3 Å². The van der Waals surface area contributed by atoms with Crippen molar-refractivity contribution in [3.8, 4) is 0 Å². The highest BCUT2D eigenvalue weighted by Gasteiger charge is 2.17. The third kappa shape index (κ3) is 4.44. The molecule has 1 aromatic rings. The summed E-state index contributed by atoms with van der Waals surface area (Å²) in [5.74, 6) is -0.0504. The van der Waals surface area contributed by atoms with Gasteiger partial charge in [-0.3, -0.25) is 4.79 Å². The molecule has 0 radical (unpaired) electrons. The van der Waals surface area contributed by atoms with E-state index < -0.39 is 0 Å². The molecule has 1 aliphatic heterocycles. The van der Waals surface area contributed by atoms with Gasteiger partial charge in [0.15, 0.2) is 0 Å². The molecule has 0 aromatic heterocycles. The summed E-state index contributed by atoms with van der Waals surface area (Å²) < 4.78 is 10.9. The van der Waals surface area contributed by atoms with Gasteiger partial charge in [-0.05, 0) is 37.1 Å². The maximum atomic E-state index is 12.1. The molecule has 1 fully saturated rings. The summed E-state index contributed by atoms with van der Waals surface area (Å²) in [6, 6.07) is 7.86. The Labute approximate surface area is 126 Å². The lowest BCUT2D eigenvalue weighted by Gasteiger charge is -2.19. The number of ether oxygens (including phenoxy) is 2. The van der Waals surface area contributed by atoms with Crippen LogP contribution >= 0.6 is 0 Å². The van der Waals surface area contributed by atoms with E-state index in [2.05, 4.69) is 0 Å². The minimum Gasteiger partial charge on any atom is -0.378 e. The molecule has 1 heterocycles. The Morgan fingerprint density at radius 3 is 2.48 bits per heavy atom. The Kier molecular flexibility index (Phi) is 5.59. The molecule has 1 amide bonds. The summed E-state index contributed by atoms with van der Waals surface area (Å²) in [6.45, 7) is 1.39. The molecule has 1 aromatic carbocycles. The third-order valence-corrected chi connectivity index (χ3v) is 3.68. The van der Waals surface area contributed by atoms with Crippen molar-refractivity contribution < 1.29 is 14.3 Å². The molecule has 0 spiro atoms. The smallest absolute Gasteiger partial charge is 0.252 e. The Morgan fingerprint density at radius 1 is 1.24 bits per heavy atom. The first-order chi connectivity index (χ1) is 10.1. The second-order valence-corrected chi connectivity index (χ2v) is 5.51. The van der Waals surface area contributed by atoms with Gasteiger partial charge in [0, 0.05) is 39.1 Å². The highest BCUT2D eigenvalue weighted by Crippen LogP contribution is 2.18. The summed E-state index contributed by atoms with van der Waals surface area (Å²) in [6.07, 6.45) is 2.26. The second-order valence-electron chi connectivity index (χ2n) is 5.51. The van der Waals surface area contributed by atoms with E-state index in [9.17, 15) is 4.79 Å². The van der Waals surface area contributed by atoms with Gasteiger partial charge in [0.05, 0.1) is 12.7 Å². The summed E-state index contributed by atoms with van der Waals surface area (Å²) in [5, 5.41) is 0.